The predicted octanol–water partition coefficient (Wildman–Crippen LogP) is 2.52. The van der Waals surface area contributed by atoms with Crippen molar-refractivity contribution in [3.8, 4) is 0 Å². The Morgan fingerprint density at radius 3 is 2.65 bits per heavy atom. The zero-order valence-electron chi connectivity index (χ0n) is 14.8. The van der Waals surface area contributed by atoms with Crippen molar-refractivity contribution in [2.45, 2.75) is 57.0 Å². The van der Waals surface area contributed by atoms with E-state index in [9.17, 15) is 19.5 Å². The Morgan fingerprint density at radius 2 is 1.96 bits per heavy atom. The van der Waals surface area contributed by atoms with Crippen molar-refractivity contribution in [2.75, 3.05) is 6.54 Å². The minimum absolute atomic E-state index is 0.145. The molecule has 1 aliphatic carbocycles. The number of carboxylic acids is 1. The maximum Gasteiger partial charge on any atom is 0.329 e. The Kier molecular flexibility index (Phi) is 3.89. The second-order valence-electron chi connectivity index (χ2n) is 7.61. The molecule has 2 N–H and O–H groups in total. The van der Waals surface area contributed by atoms with Gasteiger partial charge in [0.2, 0.25) is 0 Å². The highest BCUT2D eigenvalue weighted by Gasteiger charge is 2.46. The highest BCUT2D eigenvalue weighted by Crippen LogP contribution is 2.33. The molecule has 7 nitrogen and oxygen atoms in total. The summed E-state index contributed by atoms with van der Waals surface area (Å²) < 4.78 is 1.80. The summed E-state index contributed by atoms with van der Waals surface area (Å²) in [5.41, 5.74) is 0.527. The topological polar surface area (TPSA) is 95.4 Å². The number of carboxylic acid groups (broad SMARTS) is 1. The average molecular weight is 357 g/mol. The number of rotatable bonds is 3. The smallest absolute Gasteiger partial charge is 0.329 e. The maximum absolute atomic E-state index is 12.9. The van der Waals surface area contributed by atoms with Gasteiger partial charge < -0.3 is 15.0 Å². The molecule has 0 spiro atoms. The van der Waals surface area contributed by atoms with Gasteiger partial charge in [0.05, 0.1) is 11.0 Å². The normalized spacial score (nSPS) is 23.8. The number of aliphatic carboxylic acids is 1. The molecule has 1 unspecified atom stereocenters. The molecule has 1 aromatic heterocycles. The van der Waals surface area contributed by atoms with Crippen molar-refractivity contribution in [2.24, 2.45) is 0 Å². The molecule has 1 saturated carbocycles. The number of imidazole rings is 1. The second-order valence-corrected chi connectivity index (χ2v) is 7.61. The average Bonchev–Trinajstić information content (AvgIpc) is 3.31. The molecule has 0 bridgehead atoms. The summed E-state index contributed by atoms with van der Waals surface area (Å²) in [6.07, 6.45) is 5.37. The molecule has 2 aromatic rings. The first-order valence-electron chi connectivity index (χ1n) is 9.21. The number of benzene rings is 1. The van der Waals surface area contributed by atoms with Gasteiger partial charge in [-0.1, -0.05) is 12.8 Å². The summed E-state index contributed by atoms with van der Waals surface area (Å²) in [4.78, 5) is 41.2. The molecule has 1 atom stereocenters. The molecule has 2 fully saturated rings. The zero-order valence-corrected chi connectivity index (χ0v) is 14.8. The lowest BCUT2D eigenvalue weighted by atomic mass is 9.98. The van der Waals surface area contributed by atoms with E-state index in [0.29, 0.717) is 30.5 Å². The Hall–Kier alpha value is -2.57. The quantitative estimate of drug-likeness (QED) is 0.882. The van der Waals surface area contributed by atoms with E-state index in [2.05, 4.69) is 4.98 Å². The van der Waals surface area contributed by atoms with Gasteiger partial charge in [-0.15, -0.1) is 0 Å². The van der Waals surface area contributed by atoms with Crippen LogP contribution in [-0.2, 0) is 4.79 Å². The van der Waals surface area contributed by atoms with Crippen LogP contribution in [0.1, 0.15) is 61.8 Å². The van der Waals surface area contributed by atoms with Crippen LogP contribution < -0.4 is 5.69 Å². The van der Waals surface area contributed by atoms with E-state index >= 15 is 0 Å². The first-order chi connectivity index (χ1) is 12.4. The van der Waals surface area contributed by atoms with Crippen LogP contribution in [0.25, 0.3) is 11.0 Å². The molecule has 2 heterocycles. The number of amides is 1. The van der Waals surface area contributed by atoms with Gasteiger partial charge in [-0.25, -0.2) is 9.59 Å². The molecule has 1 aromatic carbocycles. The molecule has 1 aliphatic heterocycles. The fourth-order valence-electron chi connectivity index (χ4n) is 4.46. The molecule has 4 rings (SSSR count). The van der Waals surface area contributed by atoms with E-state index < -0.39 is 11.5 Å². The summed E-state index contributed by atoms with van der Waals surface area (Å²) >= 11 is 0. The number of hydrogen-bond acceptors (Lipinski definition) is 3. The van der Waals surface area contributed by atoms with Gasteiger partial charge in [0.1, 0.15) is 5.54 Å². The molecule has 2 aliphatic rings. The lowest BCUT2D eigenvalue weighted by Crippen LogP contribution is -2.50. The van der Waals surface area contributed by atoms with Gasteiger partial charge >= 0.3 is 11.7 Å². The number of nitrogens with one attached hydrogen (secondary N) is 1. The summed E-state index contributed by atoms with van der Waals surface area (Å²) in [7, 11) is 0. The summed E-state index contributed by atoms with van der Waals surface area (Å²) in [6, 6.07) is 5.38. The van der Waals surface area contributed by atoms with Gasteiger partial charge in [0.15, 0.2) is 0 Å². The van der Waals surface area contributed by atoms with E-state index in [0.717, 1.165) is 31.2 Å². The minimum Gasteiger partial charge on any atom is -0.480 e. The van der Waals surface area contributed by atoms with Crippen molar-refractivity contribution < 1.29 is 14.7 Å². The maximum atomic E-state index is 12.9. The lowest BCUT2D eigenvalue weighted by molar-refractivity contribution is -0.147. The number of carbonyl (C=O) groups excluding carboxylic acids is 1. The van der Waals surface area contributed by atoms with Crippen molar-refractivity contribution in [3.05, 3.63) is 34.2 Å². The van der Waals surface area contributed by atoms with Gasteiger partial charge in [-0.3, -0.25) is 9.36 Å². The molecule has 0 radical (unpaired) electrons. The Balaban J connectivity index is 1.71. The Bertz CT molecular complexity index is 938. The number of aromatic nitrogens is 2. The van der Waals surface area contributed by atoms with Crippen molar-refractivity contribution in [1.29, 1.82) is 0 Å². The summed E-state index contributed by atoms with van der Waals surface area (Å²) in [5.74, 6) is -1.28. The Morgan fingerprint density at radius 1 is 1.23 bits per heavy atom. The predicted molar refractivity (Wildman–Crippen MR) is 96.4 cm³/mol. The highest BCUT2D eigenvalue weighted by atomic mass is 16.4. The monoisotopic (exact) mass is 357 g/mol. The third-order valence-electron chi connectivity index (χ3n) is 6.00. The molecule has 7 heteroatoms. The van der Waals surface area contributed by atoms with Crippen LogP contribution >= 0.6 is 0 Å². The third kappa shape index (κ3) is 2.45. The molecular weight excluding hydrogens is 334 g/mol. The molecular formula is C19H23N3O4. The van der Waals surface area contributed by atoms with E-state index in [1.54, 1.807) is 29.7 Å². The summed E-state index contributed by atoms with van der Waals surface area (Å²) in [6.45, 7) is 2.02. The molecule has 138 valence electrons. The van der Waals surface area contributed by atoms with Crippen LogP contribution in [0, 0.1) is 0 Å². The van der Waals surface area contributed by atoms with Gasteiger partial charge in [-0.2, -0.15) is 0 Å². The van der Waals surface area contributed by atoms with Crippen LogP contribution in [0.2, 0.25) is 0 Å². The highest BCUT2D eigenvalue weighted by molar-refractivity contribution is 6.00. The van der Waals surface area contributed by atoms with E-state index in [-0.39, 0.29) is 17.6 Å². The van der Waals surface area contributed by atoms with E-state index in [4.69, 9.17) is 0 Å². The Labute approximate surface area is 150 Å². The van der Waals surface area contributed by atoms with Crippen LogP contribution in [-0.4, -0.2) is 43.5 Å². The SMILES string of the molecule is CC1(C(=O)O)CCCN1C(=O)c1ccc2c(c1)[nH]c(=O)n2C1CCCC1. The second kappa shape index (κ2) is 6.00. The van der Waals surface area contributed by atoms with Crippen LogP contribution in [0.15, 0.2) is 23.0 Å². The summed E-state index contributed by atoms with van der Waals surface area (Å²) in [5, 5.41) is 9.53. The fourth-order valence-corrected chi connectivity index (χ4v) is 4.46. The van der Waals surface area contributed by atoms with Crippen LogP contribution in [0.4, 0.5) is 0 Å². The largest absolute Gasteiger partial charge is 0.480 e. The number of fused-ring (bicyclic) bond motifs is 1. The van der Waals surface area contributed by atoms with E-state index in [1.165, 1.54) is 4.90 Å². The van der Waals surface area contributed by atoms with Crippen LogP contribution in [0.3, 0.4) is 0 Å². The first-order valence-corrected chi connectivity index (χ1v) is 9.21. The standard InChI is InChI=1S/C19H23N3O4/c1-19(17(24)25)9-4-10-21(19)16(23)12-7-8-15-14(11-12)20-18(26)22(15)13-5-2-3-6-13/h7-8,11,13H,2-6,9-10H2,1H3,(H,20,26)(H,24,25). The number of aromatic amines is 1. The van der Waals surface area contributed by atoms with Gasteiger partial charge in [-0.05, 0) is 50.8 Å². The van der Waals surface area contributed by atoms with Crippen molar-refractivity contribution in [1.82, 2.24) is 14.5 Å². The number of hydrogen-bond donors (Lipinski definition) is 2. The zero-order chi connectivity index (χ0) is 18.5. The molecule has 26 heavy (non-hydrogen) atoms. The number of likely N-dealkylation sites (tertiary alicyclic amines) is 1. The van der Waals surface area contributed by atoms with Crippen LogP contribution in [0.5, 0.6) is 0 Å². The van der Waals surface area contributed by atoms with Crippen molar-refractivity contribution >= 4 is 22.9 Å². The molecule has 1 amide bonds. The fraction of sp³-hybridized carbons (Fsp3) is 0.526. The lowest BCUT2D eigenvalue weighted by Gasteiger charge is -2.31. The van der Waals surface area contributed by atoms with E-state index in [1.807, 2.05) is 0 Å². The molecule has 1 saturated heterocycles. The van der Waals surface area contributed by atoms with Crippen molar-refractivity contribution in [3.63, 3.8) is 0 Å². The first kappa shape index (κ1) is 16.9. The van der Waals surface area contributed by atoms with Gasteiger partial charge in [0, 0.05) is 18.2 Å². The number of nitrogens with zero attached hydrogens (tertiary/aromatic N) is 2. The number of carbonyl (C=O) groups is 2. The minimum atomic E-state index is -1.17. The third-order valence-corrected chi connectivity index (χ3v) is 6.00. The van der Waals surface area contributed by atoms with Gasteiger partial charge in [0.25, 0.3) is 5.91 Å². The number of H-pyrrole nitrogens is 1.